The van der Waals surface area contributed by atoms with E-state index in [2.05, 4.69) is 0 Å². The average molecular weight is 323 g/mol. The average Bonchev–Trinajstić information content (AvgIpc) is 2.90. The second kappa shape index (κ2) is 6.62. The fourth-order valence-corrected chi connectivity index (χ4v) is 2.58. The Labute approximate surface area is 136 Å². The lowest BCUT2D eigenvalue weighted by Crippen LogP contribution is -2.59. The van der Waals surface area contributed by atoms with Crippen LogP contribution in [-0.2, 0) is 4.74 Å². The summed E-state index contributed by atoms with van der Waals surface area (Å²) in [5, 5.41) is 0. The van der Waals surface area contributed by atoms with Crippen molar-refractivity contribution in [3.63, 3.8) is 0 Å². The highest BCUT2D eigenvalue weighted by molar-refractivity contribution is 5.95. The normalized spacial score (nSPS) is 18.9. The van der Waals surface area contributed by atoms with Crippen molar-refractivity contribution in [3.05, 3.63) is 23.7 Å². The fourth-order valence-electron chi connectivity index (χ4n) is 2.58. The molecule has 0 aliphatic carbocycles. The van der Waals surface area contributed by atoms with E-state index in [0.717, 1.165) is 0 Å². The molecule has 1 unspecified atom stereocenters. The number of furan rings is 1. The Morgan fingerprint density at radius 1 is 1.39 bits per heavy atom. The lowest BCUT2D eigenvalue weighted by molar-refractivity contribution is 0.00523. The fraction of sp³-hybridized carbons (Fsp3) is 0.625. The highest BCUT2D eigenvalue weighted by Crippen LogP contribution is 2.19. The van der Waals surface area contributed by atoms with Crippen molar-refractivity contribution in [3.8, 4) is 0 Å². The first-order valence-corrected chi connectivity index (χ1v) is 7.76. The smallest absolute Gasteiger partial charge is 0.410 e. The van der Waals surface area contributed by atoms with Crippen molar-refractivity contribution in [1.82, 2.24) is 9.80 Å². The molecule has 0 aromatic carbocycles. The first-order valence-electron chi connectivity index (χ1n) is 7.76. The second-order valence-corrected chi connectivity index (χ2v) is 6.70. The Morgan fingerprint density at radius 2 is 2.09 bits per heavy atom. The third-order valence-electron chi connectivity index (χ3n) is 3.76. The van der Waals surface area contributed by atoms with Crippen LogP contribution in [0, 0.1) is 6.92 Å². The van der Waals surface area contributed by atoms with Gasteiger partial charge >= 0.3 is 6.09 Å². The number of hydrogen-bond donors (Lipinski definition) is 1. The van der Waals surface area contributed by atoms with Gasteiger partial charge in [-0.2, -0.15) is 0 Å². The molecule has 128 valence electrons. The van der Waals surface area contributed by atoms with Gasteiger partial charge in [-0.3, -0.25) is 4.79 Å². The van der Waals surface area contributed by atoms with E-state index in [0.29, 0.717) is 31.0 Å². The van der Waals surface area contributed by atoms with E-state index in [9.17, 15) is 9.59 Å². The predicted molar refractivity (Wildman–Crippen MR) is 85.1 cm³/mol. The molecule has 2 amide bonds. The highest BCUT2D eigenvalue weighted by Gasteiger charge is 2.34. The van der Waals surface area contributed by atoms with Gasteiger partial charge in [-0.05, 0) is 33.8 Å². The van der Waals surface area contributed by atoms with Crippen LogP contribution in [0.4, 0.5) is 4.79 Å². The van der Waals surface area contributed by atoms with E-state index in [-0.39, 0.29) is 24.6 Å². The standard InChI is InChI=1S/C16H25N3O4/c1-11-13(5-8-22-11)14(20)19-7-6-18(10-12(19)9-17)15(21)23-16(2,3)4/h5,8,12H,6-7,9-10,17H2,1-4H3. The van der Waals surface area contributed by atoms with Crippen molar-refractivity contribution >= 4 is 12.0 Å². The Hall–Kier alpha value is -2.02. The van der Waals surface area contributed by atoms with Crippen LogP contribution in [0.5, 0.6) is 0 Å². The van der Waals surface area contributed by atoms with Crippen LogP contribution in [0.15, 0.2) is 16.7 Å². The third kappa shape index (κ3) is 4.04. The largest absolute Gasteiger partial charge is 0.469 e. The van der Waals surface area contributed by atoms with Crippen LogP contribution in [0.25, 0.3) is 0 Å². The van der Waals surface area contributed by atoms with Gasteiger partial charge in [-0.15, -0.1) is 0 Å². The molecule has 1 aliphatic rings. The van der Waals surface area contributed by atoms with Crippen LogP contribution in [-0.4, -0.2) is 59.6 Å². The summed E-state index contributed by atoms with van der Waals surface area (Å²) in [4.78, 5) is 28.1. The monoisotopic (exact) mass is 323 g/mol. The molecule has 0 bridgehead atoms. The minimum atomic E-state index is -0.545. The van der Waals surface area contributed by atoms with Gasteiger partial charge in [-0.25, -0.2) is 4.79 Å². The molecule has 2 N–H and O–H groups in total. The third-order valence-corrected chi connectivity index (χ3v) is 3.76. The molecule has 0 radical (unpaired) electrons. The number of hydrogen-bond acceptors (Lipinski definition) is 5. The molecule has 23 heavy (non-hydrogen) atoms. The molecule has 1 atom stereocenters. The van der Waals surface area contributed by atoms with Crippen molar-refractivity contribution < 1.29 is 18.7 Å². The summed E-state index contributed by atoms with van der Waals surface area (Å²) in [6.45, 7) is 8.72. The number of ether oxygens (including phenoxy) is 1. The summed E-state index contributed by atoms with van der Waals surface area (Å²) in [7, 11) is 0. The Bertz CT molecular complexity index is 576. The summed E-state index contributed by atoms with van der Waals surface area (Å²) in [5.74, 6) is 0.468. The molecule has 1 aromatic heterocycles. The number of rotatable bonds is 2. The van der Waals surface area contributed by atoms with Gasteiger partial charge in [0.2, 0.25) is 0 Å². The molecule has 1 aliphatic heterocycles. The molecule has 1 aromatic rings. The van der Waals surface area contributed by atoms with Gasteiger partial charge < -0.3 is 24.7 Å². The summed E-state index contributed by atoms with van der Waals surface area (Å²) in [6, 6.07) is 1.42. The van der Waals surface area contributed by atoms with E-state index in [1.807, 2.05) is 20.8 Å². The number of carbonyl (C=O) groups excluding carboxylic acids is 2. The van der Waals surface area contributed by atoms with E-state index >= 15 is 0 Å². The van der Waals surface area contributed by atoms with Crippen molar-refractivity contribution in [2.24, 2.45) is 5.73 Å². The number of carbonyl (C=O) groups is 2. The zero-order chi connectivity index (χ0) is 17.2. The minimum absolute atomic E-state index is 0.115. The number of amides is 2. The Kier molecular flexibility index (Phi) is 4.99. The van der Waals surface area contributed by atoms with Crippen LogP contribution in [0.2, 0.25) is 0 Å². The second-order valence-electron chi connectivity index (χ2n) is 6.70. The van der Waals surface area contributed by atoms with Gasteiger partial charge in [0, 0.05) is 26.2 Å². The maximum atomic E-state index is 12.6. The van der Waals surface area contributed by atoms with Crippen LogP contribution >= 0.6 is 0 Å². The van der Waals surface area contributed by atoms with E-state index in [1.165, 1.54) is 6.26 Å². The zero-order valence-electron chi connectivity index (χ0n) is 14.2. The number of nitrogens with two attached hydrogens (primary N) is 1. The topological polar surface area (TPSA) is 89.0 Å². The number of piperazine rings is 1. The van der Waals surface area contributed by atoms with Gasteiger partial charge in [0.1, 0.15) is 11.4 Å². The predicted octanol–water partition coefficient (Wildman–Crippen LogP) is 1.61. The molecule has 7 nitrogen and oxygen atoms in total. The Morgan fingerprint density at radius 3 is 2.61 bits per heavy atom. The van der Waals surface area contributed by atoms with Crippen LogP contribution < -0.4 is 5.73 Å². The van der Waals surface area contributed by atoms with Crippen LogP contribution in [0.1, 0.15) is 36.9 Å². The lowest BCUT2D eigenvalue weighted by Gasteiger charge is -2.41. The summed E-state index contributed by atoms with van der Waals surface area (Å²) >= 11 is 0. The summed E-state index contributed by atoms with van der Waals surface area (Å²) < 4.78 is 10.6. The zero-order valence-corrected chi connectivity index (χ0v) is 14.2. The van der Waals surface area contributed by atoms with E-state index < -0.39 is 5.60 Å². The van der Waals surface area contributed by atoms with Crippen molar-refractivity contribution in [2.75, 3.05) is 26.2 Å². The molecule has 0 spiro atoms. The van der Waals surface area contributed by atoms with Crippen LogP contribution in [0.3, 0.4) is 0 Å². The lowest BCUT2D eigenvalue weighted by atomic mass is 10.1. The molecular formula is C16H25N3O4. The molecule has 1 saturated heterocycles. The molecule has 1 fully saturated rings. The maximum absolute atomic E-state index is 12.6. The van der Waals surface area contributed by atoms with Gasteiger partial charge in [0.15, 0.2) is 0 Å². The van der Waals surface area contributed by atoms with Gasteiger partial charge in [-0.1, -0.05) is 0 Å². The van der Waals surface area contributed by atoms with E-state index in [1.54, 1.807) is 22.8 Å². The number of nitrogens with zero attached hydrogens (tertiary/aromatic N) is 2. The summed E-state index contributed by atoms with van der Waals surface area (Å²) in [6.07, 6.45) is 1.12. The highest BCUT2D eigenvalue weighted by atomic mass is 16.6. The molecule has 2 heterocycles. The summed E-state index contributed by atoms with van der Waals surface area (Å²) in [5.41, 5.74) is 5.81. The van der Waals surface area contributed by atoms with Gasteiger partial charge in [0.25, 0.3) is 5.91 Å². The molecule has 2 rings (SSSR count). The first-order chi connectivity index (χ1) is 10.7. The number of aryl methyl sites for hydroxylation is 1. The van der Waals surface area contributed by atoms with Crippen molar-refractivity contribution in [1.29, 1.82) is 0 Å². The SMILES string of the molecule is Cc1occc1C(=O)N1CCN(C(=O)OC(C)(C)C)CC1CN. The molecule has 0 saturated carbocycles. The van der Waals surface area contributed by atoms with Gasteiger partial charge in [0.05, 0.1) is 17.9 Å². The molecule has 7 heteroatoms. The van der Waals surface area contributed by atoms with Crippen molar-refractivity contribution in [2.45, 2.75) is 39.3 Å². The quantitative estimate of drug-likeness (QED) is 0.893. The molecular weight excluding hydrogens is 298 g/mol. The Balaban J connectivity index is 2.06. The maximum Gasteiger partial charge on any atom is 0.410 e. The van der Waals surface area contributed by atoms with E-state index in [4.69, 9.17) is 14.9 Å². The minimum Gasteiger partial charge on any atom is -0.469 e. The first kappa shape index (κ1) is 17.3.